The highest BCUT2D eigenvalue weighted by molar-refractivity contribution is 5.97. The molecule has 0 saturated carbocycles. The van der Waals surface area contributed by atoms with E-state index in [1.807, 2.05) is 47.4 Å². The summed E-state index contributed by atoms with van der Waals surface area (Å²) in [5.41, 5.74) is 2.76. The number of amides is 1. The van der Waals surface area contributed by atoms with Crippen molar-refractivity contribution in [3.8, 4) is 11.5 Å². The highest BCUT2D eigenvalue weighted by Crippen LogP contribution is 2.32. The van der Waals surface area contributed by atoms with E-state index in [0.717, 1.165) is 55.1 Å². The Labute approximate surface area is 163 Å². The maximum Gasteiger partial charge on any atom is 0.255 e. The third-order valence-electron chi connectivity index (χ3n) is 5.34. The number of aromatic nitrogens is 1. The van der Waals surface area contributed by atoms with Gasteiger partial charge in [0.2, 0.25) is 6.79 Å². The Morgan fingerprint density at radius 1 is 0.964 bits per heavy atom. The molecule has 6 heteroatoms. The lowest BCUT2D eigenvalue weighted by atomic mass is 10.1. The smallest absolute Gasteiger partial charge is 0.255 e. The quantitative estimate of drug-likeness (QED) is 0.705. The molecule has 2 aromatic carbocycles. The van der Waals surface area contributed by atoms with Crippen LogP contribution in [0.2, 0.25) is 0 Å². The van der Waals surface area contributed by atoms with Crippen LogP contribution in [0.4, 0.5) is 0 Å². The lowest BCUT2D eigenvalue weighted by Gasteiger charge is -2.34. The molecule has 0 radical (unpaired) electrons. The van der Waals surface area contributed by atoms with Gasteiger partial charge in [-0.15, -0.1) is 0 Å². The maximum absolute atomic E-state index is 12.9. The van der Waals surface area contributed by atoms with Gasteiger partial charge in [0.25, 0.3) is 5.91 Å². The number of para-hydroxylation sites is 1. The summed E-state index contributed by atoms with van der Waals surface area (Å²) in [5.74, 6) is 1.68. The molecule has 0 aliphatic carbocycles. The Bertz CT molecular complexity index is 1030. The summed E-state index contributed by atoms with van der Waals surface area (Å²) in [5, 5.41) is 0.995. The maximum atomic E-state index is 12.9. The van der Waals surface area contributed by atoms with Gasteiger partial charge >= 0.3 is 0 Å². The zero-order chi connectivity index (χ0) is 18.9. The average Bonchev–Trinajstić information content (AvgIpc) is 3.21. The lowest BCUT2D eigenvalue weighted by molar-refractivity contribution is 0.0628. The largest absolute Gasteiger partial charge is 0.454 e. The van der Waals surface area contributed by atoms with Crippen molar-refractivity contribution in [1.82, 2.24) is 14.8 Å². The number of fused-ring (bicyclic) bond motifs is 2. The molecule has 3 heterocycles. The summed E-state index contributed by atoms with van der Waals surface area (Å²) < 4.78 is 10.8. The molecule has 1 amide bonds. The summed E-state index contributed by atoms with van der Waals surface area (Å²) in [7, 11) is 0. The first-order valence-electron chi connectivity index (χ1n) is 9.51. The topological polar surface area (TPSA) is 54.9 Å². The monoisotopic (exact) mass is 375 g/mol. The van der Waals surface area contributed by atoms with Crippen molar-refractivity contribution in [2.45, 2.75) is 6.54 Å². The first-order valence-corrected chi connectivity index (χ1v) is 9.51. The molecule has 142 valence electrons. The normalized spacial score (nSPS) is 16.5. The third kappa shape index (κ3) is 3.27. The van der Waals surface area contributed by atoms with Gasteiger partial charge in [-0.1, -0.05) is 24.3 Å². The second-order valence-corrected chi connectivity index (χ2v) is 7.17. The second kappa shape index (κ2) is 7.13. The van der Waals surface area contributed by atoms with Crippen LogP contribution in [0.5, 0.6) is 11.5 Å². The van der Waals surface area contributed by atoms with E-state index < -0.39 is 0 Å². The van der Waals surface area contributed by atoms with Gasteiger partial charge in [-0.2, -0.15) is 0 Å². The molecular formula is C22H21N3O3. The molecule has 1 fully saturated rings. The van der Waals surface area contributed by atoms with Crippen molar-refractivity contribution < 1.29 is 14.3 Å². The summed E-state index contributed by atoms with van der Waals surface area (Å²) in [6.07, 6.45) is 1.68. The number of benzene rings is 2. The number of hydrogen-bond donors (Lipinski definition) is 0. The molecule has 6 nitrogen and oxygen atoms in total. The lowest BCUT2D eigenvalue weighted by Crippen LogP contribution is -2.48. The first kappa shape index (κ1) is 17.0. The van der Waals surface area contributed by atoms with E-state index in [1.54, 1.807) is 6.20 Å². The highest BCUT2D eigenvalue weighted by atomic mass is 16.7. The molecule has 0 atom stereocenters. The predicted octanol–water partition coefficient (Wildman–Crippen LogP) is 2.92. The van der Waals surface area contributed by atoms with Gasteiger partial charge in [-0.05, 0) is 29.8 Å². The van der Waals surface area contributed by atoms with E-state index in [9.17, 15) is 4.79 Å². The zero-order valence-electron chi connectivity index (χ0n) is 15.5. The summed E-state index contributed by atoms with van der Waals surface area (Å²) in [6, 6.07) is 15.9. The van der Waals surface area contributed by atoms with Crippen LogP contribution in [-0.2, 0) is 6.54 Å². The van der Waals surface area contributed by atoms with E-state index in [1.165, 1.54) is 5.56 Å². The van der Waals surface area contributed by atoms with E-state index in [-0.39, 0.29) is 5.91 Å². The molecular weight excluding hydrogens is 354 g/mol. The molecule has 3 aromatic rings. The fourth-order valence-electron chi connectivity index (χ4n) is 3.78. The molecule has 0 bridgehead atoms. The van der Waals surface area contributed by atoms with Crippen LogP contribution in [0.1, 0.15) is 15.9 Å². The van der Waals surface area contributed by atoms with Gasteiger partial charge in [0.1, 0.15) is 0 Å². The van der Waals surface area contributed by atoms with Crippen molar-refractivity contribution in [3.63, 3.8) is 0 Å². The van der Waals surface area contributed by atoms with E-state index in [4.69, 9.17) is 9.47 Å². The SMILES string of the molecule is O=C(c1cnc2ccccc2c1)N1CCN(Cc2ccc3c(c2)OCO3)CC1. The van der Waals surface area contributed by atoms with Crippen molar-refractivity contribution in [2.24, 2.45) is 0 Å². The van der Waals surface area contributed by atoms with Gasteiger partial charge in [0.05, 0.1) is 11.1 Å². The van der Waals surface area contributed by atoms with Crippen molar-refractivity contribution in [3.05, 3.63) is 65.9 Å². The van der Waals surface area contributed by atoms with Crippen molar-refractivity contribution in [1.29, 1.82) is 0 Å². The average molecular weight is 375 g/mol. The van der Waals surface area contributed by atoms with Gasteiger partial charge in [-0.3, -0.25) is 14.7 Å². The Hall–Kier alpha value is -3.12. The number of carbonyl (C=O) groups is 1. The first-order chi connectivity index (χ1) is 13.8. The Kier molecular flexibility index (Phi) is 4.33. The van der Waals surface area contributed by atoms with Crippen LogP contribution in [0, 0.1) is 0 Å². The number of piperazine rings is 1. The molecule has 0 unspecified atom stereocenters. The molecule has 0 N–H and O–H groups in total. The number of rotatable bonds is 3. The third-order valence-corrected chi connectivity index (χ3v) is 5.34. The second-order valence-electron chi connectivity index (χ2n) is 7.17. The minimum atomic E-state index is 0.0565. The van der Waals surface area contributed by atoms with Gasteiger partial charge in [0.15, 0.2) is 11.5 Å². The Morgan fingerprint density at radius 3 is 2.68 bits per heavy atom. The number of carbonyl (C=O) groups excluding carboxylic acids is 1. The molecule has 5 rings (SSSR count). The molecule has 0 spiro atoms. The standard InChI is InChI=1S/C22H21N3O3/c26-22(18-12-17-3-1-2-4-19(17)23-13-18)25-9-7-24(8-10-25)14-16-5-6-20-21(11-16)28-15-27-20/h1-6,11-13H,7-10,14-15H2. The van der Waals surface area contributed by atoms with Crippen LogP contribution in [0.3, 0.4) is 0 Å². The van der Waals surface area contributed by atoms with E-state index >= 15 is 0 Å². The Balaban J connectivity index is 1.22. The van der Waals surface area contributed by atoms with Crippen LogP contribution < -0.4 is 9.47 Å². The summed E-state index contributed by atoms with van der Waals surface area (Å²) in [4.78, 5) is 21.6. The number of hydrogen-bond acceptors (Lipinski definition) is 5. The minimum Gasteiger partial charge on any atom is -0.454 e. The summed E-state index contributed by atoms with van der Waals surface area (Å²) in [6.45, 7) is 4.27. The Morgan fingerprint density at radius 2 is 1.79 bits per heavy atom. The van der Waals surface area contributed by atoms with Crippen LogP contribution in [0.25, 0.3) is 10.9 Å². The fourth-order valence-corrected chi connectivity index (χ4v) is 3.78. The number of pyridine rings is 1. The molecule has 2 aliphatic heterocycles. The molecule has 1 aromatic heterocycles. The predicted molar refractivity (Wildman–Crippen MR) is 105 cm³/mol. The molecule has 28 heavy (non-hydrogen) atoms. The number of nitrogens with zero attached hydrogens (tertiary/aromatic N) is 3. The number of ether oxygens (including phenoxy) is 2. The molecule has 1 saturated heterocycles. The zero-order valence-corrected chi connectivity index (χ0v) is 15.5. The van der Waals surface area contributed by atoms with Gasteiger partial charge in [-0.25, -0.2) is 0 Å². The highest BCUT2D eigenvalue weighted by Gasteiger charge is 2.23. The van der Waals surface area contributed by atoms with Crippen LogP contribution >= 0.6 is 0 Å². The fraction of sp³-hybridized carbons (Fsp3) is 0.273. The van der Waals surface area contributed by atoms with Crippen LogP contribution in [-0.4, -0.2) is 53.7 Å². The van der Waals surface area contributed by atoms with Gasteiger partial charge < -0.3 is 14.4 Å². The van der Waals surface area contributed by atoms with Crippen molar-refractivity contribution in [2.75, 3.05) is 33.0 Å². The van der Waals surface area contributed by atoms with E-state index in [0.29, 0.717) is 12.4 Å². The molecule has 2 aliphatic rings. The van der Waals surface area contributed by atoms with Gasteiger partial charge in [0, 0.05) is 44.3 Å². The van der Waals surface area contributed by atoms with Crippen molar-refractivity contribution >= 4 is 16.8 Å². The summed E-state index contributed by atoms with van der Waals surface area (Å²) >= 11 is 0. The van der Waals surface area contributed by atoms with E-state index in [2.05, 4.69) is 16.0 Å². The van der Waals surface area contributed by atoms with Crippen LogP contribution in [0.15, 0.2) is 54.7 Å². The minimum absolute atomic E-state index is 0.0565.